The molecule has 3 aromatic rings. The first-order chi connectivity index (χ1) is 11.6. The number of nitrogens with one attached hydrogen (secondary N) is 2. The van der Waals surface area contributed by atoms with Crippen LogP contribution in [0.3, 0.4) is 0 Å². The second kappa shape index (κ2) is 7.04. The van der Waals surface area contributed by atoms with E-state index >= 15 is 0 Å². The third-order valence-corrected chi connectivity index (χ3v) is 4.14. The molecule has 6 nitrogen and oxygen atoms in total. The molecule has 0 aliphatic heterocycles. The fourth-order valence-corrected chi connectivity index (χ4v) is 2.57. The lowest BCUT2D eigenvalue weighted by Gasteiger charge is -2.16. The van der Waals surface area contributed by atoms with Crippen molar-refractivity contribution < 1.29 is 4.79 Å². The Bertz CT molecular complexity index is 815. The van der Waals surface area contributed by atoms with Crippen LogP contribution >= 0.6 is 0 Å². The van der Waals surface area contributed by atoms with Gasteiger partial charge in [-0.1, -0.05) is 47.7 Å². The van der Waals surface area contributed by atoms with E-state index in [0.717, 1.165) is 22.4 Å². The Morgan fingerprint density at radius 2 is 1.92 bits per heavy atom. The smallest absolute Gasteiger partial charge is 0.235 e. The van der Waals surface area contributed by atoms with Crippen molar-refractivity contribution in [3.8, 4) is 0 Å². The fourth-order valence-electron chi connectivity index (χ4n) is 2.57. The molecule has 0 fully saturated rings. The van der Waals surface area contributed by atoms with Gasteiger partial charge in [0.15, 0.2) is 5.82 Å². The van der Waals surface area contributed by atoms with E-state index in [9.17, 15) is 4.79 Å². The summed E-state index contributed by atoms with van der Waals surface area (Å²) in [5.74, 6) is -0.262. The molecule has 6 heteroatoms. The predicted octanol–water partition coefficient (Wildman–Crippen LogP) is 2.78. The van der Waals surface area contributed by atoms with Crippen LogP contribution < -0.4 is 5.32 Å². The summed E-state index contributed by atoms with van der Waals surface area (Å²) >= 11 is 0. The lowest BCUT2D eigenvalue weighted by Crippen LogP contribution is -2.24. The van der Waals surface area contributed by atoms with Crippen molar-refractivity contribution in [2.75, 3.05) is 5.32 Å². The number of carbonyl (C=O) groups excluding carboxylic acids is 1. The monoisotopic (exact) mass is 321 g/mol. The summed E-state index contributed by atoms with van der Waals surface area (Å²) in [6.45, 7) is 4.01. The molecule has 0 aliphatic carbocycles. The number of tetrazole rings is 1. The van der Waals surface area contributed by atoms with E-state index in [1.807, 2.05) is 62.4 Å². The molecule has 1 heterocycles. The zero-order valence-corrected chi connectivity index (χ0v) is 13.7. The number of nitrogens with zero attached hydrogens (tertiary/aromatic N) is 3. The number of benzene rings is 2. The number of aromatic amines is 1. The van der Waals surface area contributed by atoms with Crippen LogP contribution in [0.5, 0.6) is 0 Å². The summed E-state index contributed by atoms with van der Waals surface area (Å²) in [5.41, 5.74) is 4.04. The predicted molar refractivity (Wildman–Crippen MR) is 91.6 cm³/mol. The molecule has 1 aromatic heterocycles. The molecule has 0 radical (unpaired) electrons. The van der Waals surface area contributed by atoms with Gasteiger partial charge in [-0.15, -0.1) is 10.2 Å². The number of carbonyl (C=O) groups is 1. The van der Waals surface area contributed by atoms with Crippen molar-refractivity contribution in [1.82, 2.24) is 20.6 Å². The maximum absolute atomic E-state index is 12.8. The summed E-state index contributed by atoms with van der Waals surface area (Å²) in [7, 11) is 0. The zero-order chi connectivity index (χ0) is 16.9. The normalized spacial score (nSPS) is 11.9. The number of aromatic nitrogens is 4. The molecule has 0 aliphatic rings. The topological polar surface area (TPSA) is 83.6 Å². The van der Waals surface area contributed by atoms with Crippen molar-refractivity contribution in [3.63, 3.8) is 0 Å². The minimum Gasteiger partial charge on any atom is -0.325 e. The highest BCUT2D eigenvalue weighted by molar-refractivity contribution is 5.96. The van der Waals surface area contributed by atoms with Crippen LogP contribution in [-0.2, 0) is 11.2 Å². The maximum Gasteiger partial charge on any atom is 0.235 e. The van der Waals surface area contributed by atoms with Crippen LogP contribution in [-0.4, -0.2) is 26.5 Å². The van der Waals surface area contributed by atoms with Crippen LogP contribution in [0.4, 0.5) is 5.69 Å². The SMILES string of the molecule is Cc1cccc(NC(=O)C(Cc2ccccc2)c2nn[nH]n2)c1C. The molecule has 1 atom stereocenters. The first kappa shape index (κ1) is 15.9. The van der Waals surface area contributed by atoms with Crippen molar-refractivity contribution >= 4 is 11.6 Å². The first-order valence-electron chi connectivity index (χ1n) is 7.79. The molecular formula is C18H19N5O. The zero-order valence-electron chi connectivity index (χ0n) is 13.7. The van der Waals surface area contributed by atoms with Crippen LogP contribution in [0.1, 0.15) is 28.4 Å². The summed E-state index contributed by atoms with van der Waals surface area (Å²) < 4.78 is 0. The van der Waals surface area contributed by atoms with E-state index in [1.165, 1.54) is 0 Å². The lowest BCUT2D eigenvalue weighted by atomic mass is 9.97. The van der Waals surface area contributed by atoms with Crippen molar-refractivity contribution in [2.24, 2.45) is 0 Å². The summed E-state index contributed by atoms with van der Waals surface area (Å²) in [4.78, 5) is 12.8. The van der Waals surface area contributed by atoms with Crippen LogP contribution in [0, 0.1) is 13.8 Å². The average molecular weight is 321 g/mol. The van der Waals surface area contributed by atoms with E-state index in [2.05, 4.69) is 25.9 Å². The van der Waals surface area contributed by atoms with Crippen LogP contribution in [0.25, 0.3) is 0 Å². The first-order valence-corrected chi connectivity index (χ1v) is 7.79. The third-order valence-electron chi connectivity index (χ3n) is 4.14. The molecule has 24 heavy (non-hydrogen) atoms. The minimum atomic E-state index is -0.508. The van der Waals surface area contributed by atoms with Crippen LogP contribution in [0.15, 0.2) is 48.5 Å². The molecule has 1 amide bonds. The van der Waals surface area contributed by atoms with Gasteiger partial charge in [0.1, 0.15) is 5.92 Å². The minimum absolute atomic E-state index is 0.144. The van der Waals surface area contributed by atoms with Crippen molar-refractivity contribution in [1.29, 1.82) is 0 Å². The molecule has 2 N–H and O–H groups in total. The third kappa shape index (κ3) is 3.48. The Balaban J connectivity index is 1.85. The quantitative estimate of drug-likeness (QED) is 0.757. The number of hydrogen-bond acceptors (Lipinski definition) is 4. The maximum atomic E-state index is 12.8. The van der Waals surface area contributed by atoms with Gasteiger partial charge in [-0.05, 0) is 43.0 Å². The molecule has 2 aromatic carbocycles. The van der Waals surface area contributed by atoms with E-state index in [0.29, 0.717) is 12.2 Å². The number of hydrogen-bond donors (Lipinski definition) is 2. The van der Waals surface area contributed by atoms with Gasteiger partial charge in [-0.25, -0.2) is 0 Å². The fraction of sp³-hybridized carbons (Fsp3) is 0.222. The Hall–Kier alpha value is -3.02. The summed E-state index contributed by atoms with van der Waals surface area (Å²) in [6, 6.07) is 15.7. The average Bonchev–Trinajstić information content (AvgIpc) is 3.12. The molecule has 1 unspecified atom stereocenters. The molecule has 0 spiro atoms. The largest absolute Gasteiger partial charge is 0.325 e. The molecular weight excluding hydrogens is 302 g/mol. The van der Waals surface area contributed by atoms with Gasteiger partial charge in [0, 0.05) is 5.69 Å². The second-order valence-electron chi connectivity index (χ2n) is 5.75. The second-order valence-corrected chi connectivity index (χ2v) is 5.75. The molecule has 0 saturated carbocycles. The van der Waals surface area contributed by atoms with Crippen LogP contribution in [0.2, 0.25) is 0 Å². The van der Waals surface area contributed by atoms with Gasteiger partial charge in [-0.3, -0.25) is 4.79 Å². The Morgan fingerprint density at radius 3 is 2.62 bits per heavy atom. The summed E-state index contributed by atoms with van der Waals surface area (Å²) in [5, 5.41) is 17.0. The van der Waals surface area contributed by atoms with Crippen molar-refractivity contribution in [2.45, 2.75) is 26.2 Å². The Labute approximate surface area is 140 Å². The Morgan fingerprint density at radius 1 is 1.12 bits per heavy atom. The Kier molecular flexibility index (Phi) is 4.65. The number of aryl methyl sites for hydroxylation is 1. The highest BCUT2D eigenvalue weighted by Gasteiger charge is 2.25. The number of anilines is 1. The van der Waals surface area contributed by atoms with Crippen molar-refractivity contribution in [3.05, 3.63) is 71.0 Å². The summed E-state index contributed by atoms with van der Waals surface area (Å²) in [6.07, 6.45) is 0.511. The lowest BCUT2D eigenvalue weighted by molar-refractivity contribution is -0.117. The van der Waals surface area contributed by atoms with E-state index in [1.54, 1.807) is 0 Å². The molecule has 3 rings (SSSR count). The standard InChI is InChI=1S/C18H19N5O/c1-12-7-6-10-16(13(12)2)19-18(24)15(17-20-22-23-21-17)11-14-8-4-3-5-9-14/h3-10,15H,11H2,1-2H3,(H,19,24)(H,20,21,22,23). The van der Waals surface area contributed by atoms with E-state index < -0.39 is 5.92 Å². The van der Waals surface area contributed by atoms with Gasteiger partial charge in [0.05, 0.1) is 0 Å². The number of amides is 1. The molecule has 0 bridgehead atoms. The van der Waals surface area contributed by atoms with E-state index in [4.69, 9.17) is 0 Å². The number of H-pyrrole nitrogens is 1. The van der Waals surface area contributed by atoms with Gasteiger partial charge >= 0.3 is 0 Å². The van der Waals surface area contributed by atoms with Gasteiger partial charge < -0.3 is 5.32 Å². The highest BCUT2D eigenvalue weighted by Crippen LogP contribution is 2.23. The molecule has 122 valence electrons. The van der Waals surface area contributed by atoms with E-state index in [-0.39, 0.29) is 5.91 Å². The highest BCUT2D eigenvalue weighted by atomic mass is 16.1. The van der Waals surface area contributed by atoms with Gasteiger partial charge in [0.2, 0.25) is 5.91 Å². The van der Waals surface area contributed by atoms with Gasteiger partial charge in [0.25, 0.3) is 0 Å². The molecule has 0 saturated heterocycles. The number of rotatable bonds is 5. The van der Waals surface area contributed by atoms with Gasteiger partial charge in [-0.2, -0.15) is 5.21 Å².